The molecule has 0 spiro atoms. The van der Waals surface area contributed by atoms with Crippen molar-refractivity contribution >= 4 is 27.5 Å². The number of carbonyl (C=O) groups is 2. The van der Waals surface area contributed by atoms with Gasteiger partial charge < -0.3 is 10.2 Å². The lowest BCUT2D eigenvalue weighted by molar-refractivity contribution is -0.142. The molecule has 36 heavy (non-hydrogen) atoms. The number of hydrogen-bond donors (Lipinski definition) is 1. The number of nitrogens with zero attached hydrogens (tertiary/aromatic N) is 2. The lowest BCUT2D eigenvalue weighted by Crippen LogP contribution is -2.53. The van der Waals surface area contributed by atoms with E-state index in [-0.39, 0.29) is 24.8 Å². The molecule has 2 aromatic rings. The number of nitrogens with one attached hydrogen (secondary N) is 1. The van der Waals surface area contributed by atoms with Crippen molar-refractivity contribution in [1.82, 2.24) is 10.2 Å². The molecule has 0 aromatic heterocycles. The summed E-state index contributed by atoms with van der Waals surface area (Å²) in [6.07, 6.45) is 2.10. The molecular formula is C28H41N3O4S. The van der Waals surface area contributed by atoms with E-state index >= 15 is 0 Å². The lowest BCUT2D eigenvalue weighted by atomic mass is 10.0. The highest BCUT2D eigenvalue weighted by molar-refractivity contribution is 7.92. The van der Waals surface area contributed by atoms with Gasteiger partial charge in [-0.1, -0.05) is 54.4 Å². The third-order valence-electron chi connectivity index (χ3n) is 5.83. The quantitative estimate of drug-likeness (QED) is 0.475. The van der Waals surface area contributed by atoms with Gasteiger partial charge in [-0.3, -0.25) is 13.9 Å². The molecule has 1 atom stereocenters. The van der Waals surface area contributed by atoms with E-state index < -0.39 is 21.6 Å². The Balaban J connectivity index is 2.22. The van der Waals surface area contributed by atoms with Crippen molar-refractivity contribution in [2.24, 2.45) is 0 Å². The minimum Gasteiger partial charge on any atom is -0.350 e. The van der Waals surface area contributed by atoms with Crippen molar-refractivity contribution < 1.29 is 18.0 Å². The molecule has 0 saturated carbocycles. The van der Waals surface area contributed by atoms with Gasteiger partial charge in [-0.15, -0.1) is 0 Å². The Hall–Kier alpha value is -2.87. The Morgan fingerprint density at radius 2 is 1.47 bits per heavy atom. The smallest absolute Gasteiger partial charge is 0.243 e. The summed E-state index contributed by atoms with van der Waals surface area (Å²) < 4.78 is 26.2. The minimum absolute atomic E-state index is 0.128. The molecule has 2 aromatic carbocycles. The van der Waals surface area contributed by atoms with E-state index in [1.165, 1.54) is 10.6 Å². The van der Waals surface area contributed by atoms with Crippen molar-refractivity contribution in [3.05, 3.63) is 65.2 Å². The van der Waals surface area contributed by atoms with Crippen LogP contribution in [-0.2, 0) is 26.2 Å². The van der Waals surface area contributed by atoms with Crippen LogP contribution in [0.2, 0.25) is 0 Å². The zero-order valence-corrected chi connectivity index (χ0v) is 23.5. The third kappa shape index (κ3) is 8.97. The average Bonchev–Trinajstić information content (AvgIpc) is 2.76. The number of hydrogen-bond acceptors (Lipinski definition) is 4. The predicted molar refractivity (Wildman–Crippen MR) is 146 cm³/mol. The lowest BCUT2D eigenvalue weighted by Gasteiger charge is -2.33. The van der Waals surface area contributed by atoms with Crippen LogP contribution >= 0.6 is 0 Å². The number of sulfonamides is 1. The maximum atomic E-state index is 13.5. The van der Waals surface area contributed by atoms with Gasteiger partial charge in [-0.05, 0) is 65.2 Å². The molecule has 1 N–H and O–H groups in total. The van der Waals surface area contributed by atoms with Gasteiger partial charge in [-0.2, -0.15) is 0 Å². The first kappa shape index (κ1) is 29.4. The molecule has 7 nitrogen and oxygen atoms in total. The van der Waals surface area contributed by atoms with Crippen molar-refractivity contribution in [2.75, 3.05) is 17.1 Å². The molecule has 0 aliphatic heterocycles. The maximum absolute atomic E-state index is 13.5. The number of rotatable bonds is 11. The van der Waals surface area contributed by atoms with Gasteiger partial charge >= 0.3 is 0 Å². The summed E-state index contributed by atoms with van der Waals surface area (Å²) in [4.78, 5) is 28.2. The van der Waals surface area contributed by atoms with Crippen molar-refractivity contribution in [3.8, 4) is 0 Å². The van der Waals surface area contributed by atoms with Crippen molar-refractivity contribution in [2.45, 2.75) is 78.9 Å². The highest BCUT2D eigenvalue weighted by atomic mass is 32.2. The molecule has 198 valence electrons. The number of aryl methyl sites for hydroxylation is 2. The summed E-state index contributed by atoms with van der Waals surface area (Å²) in [5.74, 6) is -0.369. The van der Waals surface area contributed by atoms with Crippen LogP contribution in [0.3, 0.4) is 0 Å². The van der Waals surface area contributed by atoms with Gasteiger partial charge in [0.1, 0.15) is 6.04 Å². The fraction of sp³-hybridized carbons (Fsp3) is 0.500. The maximum Gasteiger partial charge on any atom is 0.243 e. The zero-order chi connectivity index (χ0) is 27.1. The zero-order valence-electron chi connectivity index (χ0n) is 22.7. The molecule has 0 radical (unpaired) electrons. The monoisotopic (exact) mass is 515 g/mol. The molecule has 8 heteroatoms. The van der Waals surface area contributed by atoms with Crippen LogP contribution in [0.25, 0.3) is 0 Å². The SMILES string of the molecule is CC[C@H](C(=O)NC(C)(C)C)N(Cc1ccc(C)cc1)C(=O)CCCN(c1ccc(C)cc1)S(C)(=O)=O. The number of benzene rings is 2. The normalized spacial score (nSPS) is 12.6. The van der Waals surface area contributed by atoms with E-state index in [1.807, 2.05) is 77.9 Å². The average molecular weight is 516 g/mol. The first-order valence-electron chi connectivity index (χ1n) is 12.4. The second-order valence-electron chi connectivity index (χ2n) is 10.4. The summed E-state index contributed by atoms with van der Waals surface area (Å²) in [6.45, 7) is 12.1. The Kier molecular flexibility index (Phi) is 10.1. The third-order valence-corrected chi connectivity index (χ3v) is 7.03. The van der Waals surface area contributed by atoms with Crippen LogP contribution in [0.5, 0.6) is 0 Å². The highest BCUT2D eigenvalue weighted by Gasteiger charge is 2.30. The van der Waals surface area contributed by atoms with Gasteiger partial charge in [0.25, 0.3) is 0 Å². The van der Waals surface area contributed by atoms with Crippen LogP contribution in [0.4, 0.5) is 5.69 Å². The van der Waals surface area contributed by atoms with Gasteiger partial charge in [0.2, 0.25) is 21.8 Å². The Bertz CT molecular complexity index is 1120. The summed E-state index contributed by atoms with van der Waals surface area (Å²) in [5.41, 5.74) is 3.24. The topological polar surface area (TPSA) is 86.8 Å². The minimum atomic E-state index is -3.51. The molecule has 0 unspecified atom stereocenters. The molecule has 0 fully saturated rings. The van der Waals surface area contributed by atoms with Gasteiger partial charge in [-0.25, -0.2) is 8.42 Å². The molecule has 0 aliphatic carbocycles. The van der Waals surface area contributed by atoms with Crippen molar-refractivity contribution in [3.63, 3.8) is 0 Å². The van der Waals surface area contributed by atoms with Crippen LogP contribution in [0.1, 0.15) is 63.6 Å². The van der Waals surface area contributed by atoms with E-state index in [4.69, 9.17) is 0 Å². The van der Waals surface area contributed by atoms with Crippen LogP contribution in [0.15, 0.2) is 48.5 Å². The molecule has 2 rings (SSSR count). The van der Waals surface area contributed by atoms with E-state index in [0.717, 1.165) is 16.7 Å². The number of carbonyl (C=O) groups excluding carboxylic acids is 2. The van der Waals surface area contributed by atoms with Crippen LogP contribution in [0, 0.1) is 13.8 Å². The Labute approximate surface area is 216 Å². The molecular weight excluding hydrogens is 474 g/mol. The van der Waals surface area contributed by atoms with E-state index in [1.54, 1.807) is 17.0 Å². The fourth-order valence-corrected chi connectivity index (χ4v) is 4.94. The van der Waals surface area contributed by atoms with Gasteiger partial charge in [0, 0.05) is 25.0 Å². The molecule has 0 aliphatic rings. The highest BCUT2D eigenvalue weighted by Crippen LogP contribution is 2.20. The standard InChI is InChI=1S/C28H41N3O4S/c1-8-25(27(33)29-28(4,5)6)30(20-23-15-11-21(2)12-16-23)26(32)10-9-19-31(36(7,34)35)24-17-13-22(3)14-18-24/h11-18,25H,8-10,19-20H2,1-7H3,(H,29,33)/t25-/m1/s1. The fourth-order valence-electron chi connectivity index (χ4n) is 3.98. The predicted octanol–water partition coefficient (Wildman–Crippen LogP) is 4.57. The number of amides is 2. The second-order valence-corrected chi connectivity index (χ2v) is 12.4. The van der Waals surface area contributed by atoms with Crippen LogP contribution < -0.4 is 9.62 Å². The first-order chi connectivity index (χ1) is 16.7. The van der Waals surface area contributed by atoms with E-state index in [2.05, 4.69) is 5.32 Å². The van der Waals surface area contributed by atoms with Crippen LogP contribution in [-0.4, -0.2) is 49.5 Å². The van der Waals surface area contributed by atoms with Crippen molar-refractivity contribution in [1.29, 1.82) is 0 Å². The van der Waals surface area contributed by atoms with E-state index in [9.17, 15) is 18.0 Å². The Morgan fingerprint density at radius 1 is 0.944 bits per heavy atom. The number of anilines is 1. The summed E-state index contributed by atoms with van der Waals surface area (Å²) in [5, 5.41) is 3.00. The summed E-state index contributed by atoms with van der Waals surface area (Å²) in [7, 11) is -3.51. The second kappa shape index (κ2) is 12.4. The molecule has 2 amide bonds. The summed E-state index contributed by atoms with van der Waals surface area (Å²) >= 11 is 0. The molecule has 0 bridgehead atoms. The molecule has 0 heterocycles. The first-order valence-corrected chi connectivity index (χ1v) is 14.3. The largest absolute Gasteiger partial charge is 0.350 e. The molecule has 0 saturated heterocycles. The Morgan fingerprint density at radius 3 is 1.94 bits per heavy atom. The van der Waals surface area contributed by atoms with Gasteiger partial charge in [0.05, 0.1) is 11.9 Å². The summed E-state index contributed by atoms with van der Waals surface area (Å²) in [6, 6.07) is 14.5. The van der Waals surface area contributed by atoms with E-state index in [0.29, 0.717) is 25.1 Å². The van der Waals surface area contributed by atoms with Gasteiger partial charge in [0.15, 0.2) is 0 Å².